The molecule has 0 spiro atoms. The van der Waals surface area contributed by atoms with Gasteiger partial charge < -0.3 is 15.5 Å². The number of carbonyl (C=O) groups is 5. The van der Waals surface area contributed by atoms with Crippen LogP contribution in [0.1, 0.15) is 66.7 Å². The van der Waals surface area contributed by atoms with Crippen LogP contribution in [0.3, 0.4) is 0 Å². The zero-order valence-corrected chi connectivity index (χ0v) is 23.6. The Morgan fingerprint density at radius 3 is 2.45 bits per heavy atom. The van der Waals surface area contributed by atoms with Gasteiger partial charge in [0.2, 0.25) is 17.7 Å². The monoisotopic (exact) mass is 557 g/mol. The Labute approximate surface area is 228 Å². The van der Waals surface area contributed by atoms with Gasteiger partial charge in [-0.25, -0.2) is 9.40 Å². The lowest BCUT2D eigenvalue weighted by Crippen LogP contribution is -2.60. The number of likely N-dealkylation sites (tertiary alicyclic amines) is 1. The van der Waals surface area contributed by atoms with Crippen LogP contribution in [0.2, 0.25) is 0 Å². The van der Waals surface area contributed by atoms with E-state index in [0.29, 0.717) is 25.9 Å². The van der Waals surface area contributed by atoms with Gasteiger partial charge in [-0.2, -0.15) is 0 Å². The van der Waals surface area contributed by atoms with Crippen LogP contribution in [0.4, 0.5) is 4.39 Å². The highest BCUT2D eigenvalue weighted by Crippen LogP contribution is 2.43. The van der Waals surface area contributed by atoms with Crippen LogP contribution in [0.25, 0.3) is 0 Å². The maximum atomic E-state index is 13.9. The van der Waals surface area contributed by atoms with Gasteiger partial charge in [0.15, 0.2) is 0 Å². The first-order valence-corrected chi connectivity index (χ1v) is 14.0. The second kappa shape index (κ2) is 12.2. The summed E-state index contributed by atoms with van der Waals surface area (Å²) in [6.07, 6.45) is 3.57. The maximum Gasteiger partial charge on any atom is 0.291 e. The van der Waals surface area contributed by atoms with Crippen molar-refractivity contribution in [2.75, 3.05) is 19.6 Å². The summed E-state index contributed by atoms with van der Waals surface area (Å²) in [5.74, 6) is -3.51. The molecule has 3 unspecified atom stereocenters. The van der Waals surface area contributed by atoms with Crippen molar-refractivity contribution in [2.45, 2.75) is 84.4 Å². The van der Waals surface area contributed by atoms with Gasteiger partial charge in [-0.15, -0.1) is 0 Å². The quantitative estimate of drug-likeness (QED) is 0.309. The maximum absolute atomic E-state index is 13.9. The number of amides is 5. The van der Waals surface area contributed by atoms with E-state index in [2.05, 4.69) is 16.1 Å². The molecular weight excluding hydrogens is 517 g/mol. The summed E-state index contributed by atoms with van der Waals surface area (Å²) in [6.45, 7) is 9.67. The number of fused-ring (bicyclic) bond motifs is 1. The van der Waals surface area contributed by atoms with Crippen molar-refractivity contribution in [3.05, 3.63) is 0 Å². The van der Waals surface area contributed by atoms with Crippen molar-refractivity contribution >= 4 is 41.1 Å². The summed E-state index contributed by atoms with van der Waals surface area (Å²) in [6, 6.07) is -1.71. The molecule has 0 aromatic heterocycles. The number of rotatable bonds is 8. The number of hydrogen-bond acceptors (Lipinski definition) is 5. The lowest BCUT2D eigenvalue weighted by molar-refractivity contribution is -0.150. The fourth-order valence-electron chi connectivity index (χ4n) is 5.64. The molecule has 0 radical (unpaired) electrons. The Morgan fingerprint density at radius 1 is 1.21 bits per heavy atom. The van der Waals surface area contributed by atoms with E-state index in [4.69, 9.17) is 11.6 Å². The fraction of sp³-hybridized carbons (Fsp3) is 0.808. The van der Waals surface area contributed by atoms with Gasteiger partial charge in [-0.05, 0) is 37.0 Å². The highest BCUT2D eigenvalue weighted by atomic mass is 35.5. The Kier molecular flexibility index (Phi) is 9.65. The van der Waals surface area contributed by atoms with Crippen LogP contribution in [-0.2, 0) is 24.0 Å². The van der Waals surface area contributed by atoms with Crippen molar-refractivity contribution in [3.63, 3.8) is 0 Å². The Morgan fingerprint density at radius 2 is 1.89 bits per heavy atom. The molecule has 1 aliphatic carbocycles. The van der Waals surface area contributed by atoms with Gasteiger partial charge in [-0.1, -0.05) is 59.1 Å². The Bertz CT molecular complexity index is 941. The van der Waals surface area contributed by atoms with Crippen LogP contribution in [0.15, 0.2) is 0 Å². The number of carbonyl (C=O) groups excluding carboxylic acids is 5. The van der Waals surface area contributed by atoms with Crippen LogP contribution in [0.5, 0.6) is 0 Å². The predicted octanol–water partition coefficient (Wildman–Crippen LogP) is 1.72. The predicted molar refractivity (Wildman–Crippen MR) is 139 cm³/mol. The van der Waals surface area contributed by atoms with Crippen LogP contribution >= 0.6 is 11.6 Å². The average molecular weight is 558 g/mol. The third-order valence-electron chi connectivity index (χ3n) is 8.15. The first-order chi connectivity index (χ1) is 17.8. The van der Waals surface area contributed by atoms with E-state index in [-0.39, 0.29) is 42.0 Å². The molecule has 2 aliphatic heterocycles. The number of hydrazine groups is 1. The number of nitrogens with one attached hydrogen (secondary N) is 3. The minimum absolute atomic E-state index is 0.109. The fourth-order valence-corrected chi connectivity index (χ4v) is 5.75. The minimum atomic E-state index is -2.40. The second-order valence-electron chi connectivity index (χ2n) is 11.9. The van der Waals surface area contributed by atoms with E-state index in [1.165, 1.54) is 4.90 Å². The number of halogens is 2. The molecule has 3 N–H and O–H groups in total. The molecule has 5 amide bonds. The summed E-state index contributed by atoms with van der Waals surface area (Å²) in [4.78, 5) is 66.6. The van der Waals surface area contributed by atoms with Crippen molar-refractivity contribution in [3.8, 4) is 0 Å². The molecule has 38 heavy (non-hydrogen) atoms. The molecule has 214 valence electrons. The highest BCUT2D eigenvalue weighted by molar-refractivity contribution is 6.29. The normalized spacial score (nSPS) is 27.2. The Hall–Kier alpha value is -2.43. The topological polar surface area (TPSA) is 128 Å². The molecule has 1 saturated carbocycles. The summed E-state index contributed by atoms with van der Waals surface area (Å²) in [5, 5.41) is 6.33. The third-order valence-corrected chi connectivity index (χ3v) is 8.34. The van der Waals surface area contributed by atoms with Gasteiger partial charge in [-0.3, -0.25) is 29.4 Å². The lowest BCUT2D eigenvalue weighted by atomic mass is 9.91. The van der Waals surface area contributed by atoms with E-state index >= 15 is 0 Å². The SMILES string of the molecule is CCC(C)C(NC(=O)C(C)(C)C)C(=O)N1C[C@@H]2CCC[C@@H]2[C@H]1C(=O)NN(C[C@@H]1CCNC1=O)C(=O)C(F)Cl. The molecule has 3 fully saturated rings. The summed E-state index contributed by atoms with van der Waals surface area (Å²) >= 11 is 5.42. The zero-order chi connectivity index (χ0) is 28.4. The molecular formula is C26H41ClFN5O5. The average Bonchev–Trinajstić information content (AvgIpc) is 3.56. The molecule has 0 bridgehead atoms. The van der Waals surface area contributed by atoms with Crippen molar-refractivity contribution in [2.24, 2.45) is 29.1 Å². The van der Waals surface area contributed by atoms with Crippen LogP contribution < -0.4 is 16.1 Å². The van der Waals surface area contributed by atoms with E-state index in [1.807, 2.05) is 13.8 Å². The molecule has 2 heterocycles. The van der Waals surface area contributed by atoms with E-state index in [0.717, 1.165) is 24.3 Å². The molecule has 12 heteroatoms. The molecule has 10 nitrogen and oxygen atoms in total. The number of hydrogen-bond donors (Lipinski definition) is 3. The van der Waals surface area contributed by atoms with Crippen LogP contribution in [0, 0.1) is 29.1 Å². The molecule has 3 rings (SSSR count). The summed E-state index contributed by atoms with van der Waals surface area (Å²) in [7, 11) is 0. The van der Waals surface area contributed by atoms with E-state index in [1.54, 1.807) is 20.8 Å². The van der Waals surface area contributed by atoms with E-state index in [9.17, 15) is 28.4 Å². The summed E-state index contributed by atoms with van der Waals surface area (Å²) < 4.78 is 13.8. The first kappa shape index (κ1) is 30.1. The lowest BCUT2D eigenvalue weighted by Gasteiger charge is -2.35. The van der Waals surface area contributed by atoms with Gasteiger partial charge in [0.1, 0.15) is 12.1 Å². The molecule has 2 saturated heterocycles. The van der Waals surface area contributed by atoms with Crippen LogP contribution in [-0.4, -0.2) is 76.8 Å². The second-order valence-corrected chi connectivity index (χ2v) is 12.3. The van der Waals surface area contributed by atoms with Gasteiger partial charge >= 0.3 is 0 Å². The third kappa shape index (κ3) is 6.58. The van der Waals surface area contributed by atoms with Crippen molar-refractivity contribution in [1.82, 2.24) is 26.0 Å². The van der Waals surface area contributed by atoms with Crippen molar-refractivity contribution < 1.29 is 28.4 Å². The molecule has 0 aromatic rings. The smallest absolute Gasteiger partial charge is 0.291 e. The molecule has 3 aliphatic rings. The standard InChI is InChI=1S/C26H41ClFN5O5/c1-6-14(2)18(30-25(38)26(3,4)5)23(36)32-12-15-8-7-9-17(15)19(32)22(35)31-33(24(37)20(27)28)13-16-10-11-29-21(16)34/h14-20H,6-13H2,1-5H3,(H,29,34)(H,30,38)(H,31,35)/t14?,15-,16-,17-,18?,19-,20?/m0/s1. The van der Waals surface area contributed by atoms with Gasteiger partial charge in [0, 0.05) is 18.5 Å². The Balaban J connectivity index is 1.86. The highest BCUT2D eigenvalue weighted by Gasteiger charge is 2.51. The van der Waals surface area contributed by atoms with Gasteiger partial charge in [0.05, 0.1) is 12.5 Å². The number of nitrogens with zero attached hydrogens (tertiary/aromatic N) is 2. The minimum Gasteiger partial charge on any atom is -0.356 e. The number of alkyl halides is 2. The summed E-state index contributed by atoms with van der Waals surface area (Å²) in [5.41, 5.74) is -0.615. The molecule has 7 atom stereocenters. The van der Waals surface area contributed by atoms with E-state index < -0.39 is 40.9 Å². The molecule has 0 aromatic carbocycles. The van der Waals surface area contributed by atoms with Gasteiger partial charge in [0.25, 0.3) is 17.4 Å². The largest absolute Gasteiger partial charge is 0.356 e. The van der Waals surface area contributed by atoms with Crippen molar-refractivity contribution in [1.29, 1.82) is 0 Å². The zero-order valence-electron chi connectivity index (χ0n) is 22.9. The first-order valence-electron chi connectivity index (χ1n) is 13.5.